The van der Waals surface area contributed by atoms with Crippen LogP contribution in [0, 0.1) is 0 Å². The Bertz CT molecular complexity index is 567. The predicted octanol–water partition coefficient (Wildman–Crippen LogP) is 0.924. The first-order valence-electron chi connectivity index (χ1n) is 6.93. The average molecular weight is 273 g/mol. The normalized spacial score (nSPS) is 17.4. The van der Waals surface area contributed by atoms with Crippen LogP contribution >= 0.6 is 0 Å². The van der Waals surface area contributed by atoms with Crippen LogP contribution in [0.2, 0.25) is 0 Å². The second kappa shape index (κ2) is 5.60. The number of carbonyl (C=O) groups excluding carboxylic acids is 1. The number of aromatic amines is 1. The molecule has 106 valence electrons. The zero-order valence-electron chi connectivity index (χ0n) is 11.3. The Morgan fingerprint density at radius 3 is 2.90 bits per heavy atom. The number of nitrogens with two attached hydrogens (primary N) is 1. The van der Waals surface area contributed by atoms with Gasteiger partial charge in [0.2, 0.25) is 11.9 Å². The van der Waals surface area contributed by atoms with E-state index in [0.29, 0.717) is 12.5 Å². The first kappa shape index (κ1) is 13.1. The molecule has 6 nitrogen and oxygen atoms in total. The Morgan fingerprint density at radius 2 is 2.15 bits per heavy atom. The van der Waals surface area contributed by atoms with Crippen LogP contribution in [0.3, 0.4) is 0 Å². The molecule has 1 aliphatic rings. The van der Waals surface area contributed by atoms with E-state index >= 15 is 0 Å². The fraction of sp³-hybridized carbons (Fsp3) is 0.429. The lowest BCUT2D eigenvalue weighted by Gasteiger charge is -2.29. The smallest absolute Gasteiger partial charge is 0.240 e. The van der Waals surface area contributed by atoms with Gasteiger partial charge in [0, 0.05) is 19.1 Å². The van der Waals surface area contributed by atoms with E-state index in [4.69, 9.17) is 5.73 Å². The number of likely N-dealkylation sites (tertiary alicyclic amines) is 1. The molecule has 4 N–H and O–H groups in total. The maximum absolute atomic E-state index is 12.0. The van der Waals surface area contributed by atoms with E-state index in [0.717, 1.165) is 37.0 Å². The summed E-state index contributed by atoms with van der Waals surface area (Å²) in [5.41, 5.74) is 7.63. The minimum Gasteiger partial charge on any atom is -0.328 e. The molecule has 0 unspecified atom stereocenters. The monoisotopic (exact) mass is 273 g/mol. The number of carbonyl (C=O) groups is 1. The SMILES string of the molecule is NC1CCN(CC(=O)Nc2nc3ccccc3[nH]2)CC1. The second-order valence-corrected chi connectivity index (χ2v) is 5.26. The third-order valence-corrected chi connectivity index (χ3v) is 3.65. The Hall–Kier alpha value is -1.92. The molecule has 2 heterocycles. The summed E-state index contributed by atoms with van der Waals surface area (Å²) < 4.78 is 0. The van der Waals surface area contributed by atoms with Crippen molar-refractivity contribution in [3.8, 4) is 0 Å². The molecule has 1 saturated heterocycles. The molecule has 0 saturated carbocycles. The summed E-state index contributed by atoms with van der Waals surface area (Å²) in [5.74, 6) is 0.462. The van der Waals surface area contributed by atoms with Crippen molar-refractivity contribution >= 4 is 22.9 Å². The minimum absolute atomic E-state index is 0.0421. The number of anilines is 1. The van der Waals surface area contributed by atoms with Crippen molar-refractivity contribution in [3.63, 3.8) is 0 Å². The van der Waals surface area contributed by atoms with Gasteiger partial charge in [0.05, 0.1) is 17.6 Å². The molecule has 6 heteroatoms. The van der Waals surface area contributed by atoms with Gasteiger partial charge in [0.15, 0.2) is 0 Å². The topological polar surface area (TPSA) is 87.0 Å². The molecule has 2 aromatic rings. The molecule has 1 amide bonds. The van der Waals surface area contributed by atoms with Gasteiger partial charge in [0.25, 0.3) is 0 Å². The highest BCUT2D eigenvalue weighted by atomic mass is 16.2. The van der Waals surface area contributed by atoms with Crippen LogP contribution in [0.25, 0.3) is 11.0 Å². The largest absolute Gasteiger partial charge is 0.328 e. The number of aromatic nitrogens is 2. The van der Waals surface area contributed by atoms with Crippen LogP contribution in [0.15, 0.2) is 24.3 Å². The number of amides is 1. The van der Waals surface area contributed by atoms with Crippen molar-refractivity contribution in [1.29, 1.82) is 0 Å². The summed E-state index contributed by atoms with van der Waals surface area (Å²) in [6.45, 7) is 2.16. The Labute approximate surface area is 117 Å². The molecule has 0 radical (unpaired) electrons. The number of rotatable bonds is 3. The number of hydrogen-bond donors (Lipinski definition) is 3. The van der Waals surface area contributed by atoms with Crippen LogP contribution in [0.5, 0.6) is 0 Å². The molecule has 20 heavy (non-hydrogen) atoms. The van der Waals surface area contributed by atoms with E-state index in [1.807, 2.05) is 24.3 Å². The van der Waals surface area contributed by atoms with Gasteiger partial charge in [-0.15, -0.1) is 0 Å². The second-order valence-electron chi connectivity index (χ2n) is 5.26. The molecular weight excluding hydrogens is 254 g/mol. The lowest BCUT2D eigenvalue weighted by molar-refractivity contribution is -0.117. The molecule has 1 aromatic heterocycles. The Balaban J connectivity index is 1.58. The first-order valence-corrected chi connectivity index (χ1v) is 6.93. The van der Waals surface area contributed by atoms with Crippen molar-refractivity contribution in [2.24, 2.45) is 5.73 Å². The van der Waals surface area contributed by atoms with Crippen LogP contribution in [-0.4, -0.2) is 46.5 Å². The van der Waals surface area contributed by atoms with Gasteiger partial charge in [-0.1, -0.05) is 12.1 Å². The first-order chi connectivity index (χ1) is 9.70. The fourth-order valence-corrected chi connectivity index (χ4v) is 2.50. The predicted molar refractivity (Wildman–Crippen MR) is 78.4 cm³/mol. The fourth-order valence-electron chi connectivity index (χ4n) is 2.50. The van der Waals surface area contributed by atoms with E-state index in [1.54, 1.807) is 0 Å². The van der Waals surface area contributed by atoms with E-state index in [9.17, 15) is 4.79 Å². The van der Waals surface area contributed by atoms with Crippen LogP contribution in [-0.2, 0) is 4.79 Å². The summed E-state index contributed by atoms with van der Waals surface area (Å²) in [6.07, 6.45) is 1.91. The summed E-state index contributed by atoms with van der Waals surface area (Å²) in [6, 6.07) is 7.98. The maximum atomic E-state index is 12.0. The quantitative estimate of drug-likeness (QED) is 0.776. The summed E-state index contributed by atoms with van der Waals surface area (Å²) >= 11 is 0. The molecule has 1 aromatic carbocycles. The van der Waals surface area contributed by atoms with Gasteiger partial charge in [-0.3, -0.25) is 15.0 Å². The Morgan fingerprint density at radius 1 is 1.40 bits per heavy atom. The van der Waals surface area contributed by atoms with Gasteiger partial charge < -0.3 is 10.7 Å². The molecule has 3 rings (SSSR count). The van der Waals surface area contributed by atoms with Gasteiger partial charge in [-0.25, -0.2) is 4.98 Å². The van der Waals surface area contributed by atoms with Gasteiger partial charge in [-0.05, 0) is 25.0 Å². The zero-order valence-corrected chi connectivity index (χ0v) is 11.3. The molecule has 1 aliphatic heterocycles. The molecule has 0 atom stereocenters. The van der Waals surface area contributed by atoms with Crippen molar-refractivity contribution in [1.82, 2.24) is 14.9 Å². The van der Waals surface area contributed by atoms with Crippen molar-refractivity contribution in [2.75, 3.05) is 25.0 Å². The van der Waals surface area contributed by atoms with Crippen LogP contribution in [0.1, 0.15) is 12.8 Å². The number of nitrogens with one attached hydrogen (secondary N) is 2. The molecule has 0 bridgehead atoms. The van der Waals surface area contributed by atoms with E-state index < -0.39 is 0 Å². The lowest BCUT2D eigenvalue weighted by Crippen LogP contribution is -2.43. The van der Waals surface area contributed by atoms with Gasteiger partial charge >= 0.3 is 0 Å². The van der Waals surface area contributed by atoms with Crippen molar-refractivity contribution < 1.29 is 4.79 Å². The van der Waals surface area contributed by atoms with Crippen LogP contribution < -0.4 is 11.1 Å². The lowest BCUT2D eigenvalue weighted by atomic mass is 10.1. The summed E-state index contributed by atoms with van der Waals surface area (Å²) in [5, 5.41) is 2.81. The molecule has 1 fully saturated rings. The highest BCUT2D eigenvalue weighted by Crippen LogP contribution is 2.13. The summed E-state index contributed by atoms with van der Waals surface area (Å²) in [4.78, 5) is 21.5. The van der Waals surface area contributed by atoms with E-state index in [-0.39, 0.29) is 11.9 Å². The summed E-state index contributed by atoms with van der Waals surface area (Å²) in [7, 11) is 0. The maximum Gasteiger partial charge on any atom is 0.240 e. The average Bonchev–Trinajstić information content (AvgIpc) is 2.83. The van der Waals surface area contributed by atoms with Crippen LogP contribution in [0.4, 0.5) is 5.95 Å². The van der Waals surface area contributed by atoms with Gasteiger partial charge in [0.1, 0.15) is 0 Å². The van der Waals surface area contributed by atoms with Crippen molar-refractivity contribution in [2.45, 2.75) is 18.9 Å². The number of H-pyrrole nitrogens is 1. The molecule has 0 spiro atoms. The number of hydrogen-bond acceptors (Lipinski definition) is 4. The highest BCUT2D eigenvalue weighted by molar-refractivity contribution is 5.92. The number of benzene rings is 1. The standard InChI is InChI=1S/C14H19N5O/c15-10-5-7-19(8-6-10)9-13(20)18-14-16-11-3-1-2-4-12(11)17-14/h1-4,10H,5-9,15H2,(H2,16,17,18,20). The number of piperidine rings is 1. The molecule has 0 aliphatic carbocycles. The minimum atomic E-state index is -0.0421. The Kier molecular flexibility index (Phi) is 3.66. The number of imidazole rings is 1. The molecular formula is C14H19N5O. The third-order valence-electron chi connectivity index (χ3n) is 3.65. The van der Waals surface area contributed by atoms with E-state index in [2.05, 4.69) is 20.2 Å². The highest BCUT2D eigenvalue weighted by Gasteiger charge is 2.18. The van der Waals surface area contributed by atoms with Gasteiger partial charge in [-0.2, -0.15) is 0 Å². The number of para-hydroxylation sites is 2. The van der Waals surface area contributed by atoms with E-state index in [1.165, 1.54) is 0 Å². The zero-order chi connectivity index (χ0) is 13.9. The number of fused-ring (bicyclic) bond motifs is 1. The number of nitrogens with zero attached hydrogens (tertiary/aromatic N) is 2. The van der Waals surface area contributed by atoms with Crippen molar-refractivity contribution in [3.05, 3.63) is 24.3 Å². The third kappa shape index (κ3) is 2.97.